The monoisotopic (exact) mass is 307 g/mol. The number of pyridine rings is 1. The van der Waals surface area contributed by atoms with E-state index < -0.39 is 0 Å². The van der Waals surface area contributed by atoms with Gasteiger partial charge in [-0.05, 0) is 39.7 Å². The third kappa shape index (κ3) is 2.79. The fraction of sp³-hybridized carbons (Fsp3) is 0.231. The molecule has 2 rings (SSSR count). The van der Waals surface area contributed by atoms with Crippen molar-refractivity contribution in [2.75, 3.05) is 7.05 Å². The SMILES string of the molecule is CN(Cc1ccncc1)C(=O)c1cc(Br)cn1C. The molecule has 0 spiro atoms. The lowest BCUT2D eigenvalue weighted by Crippen LogP contribution is -2.27. The van der Waals surface area contributed by atoms with Crippen molar-refractivity contribution in [3.05, 3.63) is 52.5 Å². The molecule has 0 fully saturated rings. The highest BCUT2D eigenvalue weighted by atomic mass is 79.9. The highest BCUT2D eigenvalue weighted by Crippen LogP contribution is 2.15. The number of carbonyl (C=O) groups is 1. The fourth-order valence-corrected chi connectivity index (χ4v) is 2.29. The van der Waals surface area contributed by atoms with Gasteiger partial charge >= 0.3 is 0 Å². The van der Waals surface area contributed by atoms with Crippen LogP contribution in [0.4, 0.5) is 0 Å². The molecule has 0 aliphatic carbocycles. The molecule has 2 aromatic heterocycles. The van der Waals surface area contributed by atoms with Gasteiger partial charge in [0, 0.05) is 43.7 Å². The largest absolute Gasteiger partial charge is 0.345 e. The molecule has 0 atom stereocenters. The Balaban J connectivity index is 2.12. The van der Waals surface area contributed by atoms with E-state index in [1.54, 1.807) is 24.3 Å². The van der Waals surface area contributed by atoms with E-state index in [0.29, 0.717) is 12.2 Å². The number of hydrogen-bond acceptors (Lipinski definition) is 2. The van der Waals surface area contributed by atoms with Crippen molar-refractivity contribution in [2.24, 2.45) is 7.05 Å². The Morgan fingerprint density at radius 3 is 2.67 bits per heavy atom. The summed E-state index contributed by atoms with van der Waals surface area (Å²) < 4.78 is 2.72. The normalized spacial score (nSPS) is 10.4. The minimum absolute atomic E-state index is 0.0000113. The number of carbonyl (C=O) groups excluding carboxylic acids is 1. The molecular weight excluding hydrogens is 294 g/mol. The molecule has 5 heteroatoms. The number of hydrogen-bond donors (Lipinski definition) is 0. The van der Waals surface area contributed by atoms with Gasteiger partial charge in [0.25, 0.3) is 5.91 Å². The summed E-state index contributed by atoms with van der Waals surface area (Å²) in [7, 11) is 3.65. The molecule has 0 aliphatic heterocycles. The highest BCUT2D eigenvalue weighted by molar-refractivity contribution is 9.10. The van der Waals surface area contributed by atoms with Crippen LogP contribution in [0, 0.1) is 0 Å². The molecule has 4 nitrogen and oxygen atoms in total. The predicted molar refractivity (Wildman–Crippen MR) is 73.1 cm³/mol. The van der Waals surface area contributed by atoms with E-state index >= 15 is 0 Å². The molecule has 1 amide bonds. The average molecular weight is 308 g/mol. The molecular formula is C13H14BrN3O. The molecule has 2 heterocycles. The van der Waals surface area contributed by atoms with Gasteiger partial charge in [-0.1, -0.05) is 0 Å². The lowest BCUT2D eigenvalue weighted by Gasteiger charge is -2.17. The van der Waals surface area contributed by atoms with E-state index in [-0.39, 0.29) is 5.91 Å². The third-order valence-electron chi connectivity index (χ3n) is 2.71. The van der Waals surface area contributed by atoms with Gasteiger partial charge < -0.3 is 9.47 Å². The van der Waals surface area contributed by atoms with Crippen LogP contribution >= 0.6 is 15.9 Å². The standard InChI is InChI=1S/C13H14BrN3O/c1-16-9-11(14)7-12(16)13(18)17(2)8-10-3-5-15-6-4-10/h3-7,9H,8H2,1-2H3. The van der Waals surface area contributed by atoms with Crippen molar-refractivity contribution in [2.45, 2.75) is 6.54 Å². The Hall–Kier alpha value is -1.62. The smallest absolute Gasteiger partial charge is 0.270 e. The van der Waals surface area contributed by atoms with Crippen molar-refractivity contribution in [3.63, 3.8) is 0 Å². The zero-order valence-electron chi connectivity index (χ0n) is 10.3. The highest BCUT2D eigenvalue weighted by Gasteiger charge is 2.15. The second kappa shape index (κ2) is 5.35. The first-order valence-electron chi connectivity index (χ1n) is 5.54. The summed E-state index contributed by atoms with van der Waals surface area (Å²) in [5, 5.41) is 0. The molecule has 0 bridgehead atoms. The van der Waals surface area contributed by atoms with Crippen molar-refractivity contribution in [1.82, 2.24) is 14.5 Å². The Morgan fingerprint density at radius 2 is 2.11 bits per heavy atom. The van der Waals surface area contributed by atoms with E-state index in [0.717, 1.165) is 10.0 Å². The van der Waals surface area contributed by atoms with Gasteiger partial charge in [-0.25, -0.2) is 0 Å². The fourth-order valence-electron chi connectivity index (χ4n) is 1.77. The van der Waals surface area contributed by atoms with Crippen LogP contribution in [0.1, 0.15) is 16.1 Å². The summed E-state index contributed by atoms with van der Waals surface area (Å²) >= 11 is 3.37. The maximum atomic E-state index is 12.3. The van der Waals surface area contributed by atoms with Crippen LogP contribution in [0.25, 0.3) is 0 Å². The topological polar surface area (TPSA) is 38.1 Å². The van der Waals surface area contributed by atoms with Gasteiger partial charge in [-0.3, -0.25) is 9.78 Å². The number of aryl methyl sites for hydroxylation is 1. The van der Waals surface area contributed by atoms with E-state index in [1.165, 1.54) is 0 Å². The van der Waals surface area contributed by atoms with E-state index in [9.17, 15) is 4.79 Å². The first-order chi connectivity index (χ1) is 8.58. The molecule has 0 unspecified atom stereocenters. The third-order valence-corrected chi connectivity index (χ3v) is 3.14. The molecule has 0 radical (unpaired) electrons. The molecule has 0 saturated carbocycles. The van der Waals surface area contributed by atoms with E-state index in [4.69, 9.17) is 0 Å². The predicted octanol–water partition coefficient (Wildman–Crippen LogP) is 2.45. The molecule has 2 aromatic rings. The van der Waals surface area contributed by atoms with Gasteiger partial charge in [0.15, 0.2) is 0 Å². The average Bonchev–Trinajstić information content (AvgIpc) is 2.68. The summed E-state index contributed by atoms with van der Waals surface area (Å²) in [6, 6.07) is 5.64. The zero-order valence-corrected chi connectivity index (χ0v) is 11.9. The Labute approximate surface area is 114 Å². The molecule has 94 valence electrons. The van der Waals surface area contributed by atoms with Crippen molar-refractivity contribution in [1.29, 1.82) is 0 Å². The lowest BCUT2D eigenvalue weighted by molar-refractivity contribution is 0.0775. The summed E-state index contributed by atoms with van der Waals surface area (Å²) in [6.45, 7) is 0.574. The van der Waals surface area contributed by atoms with Crippen LogP contribution in [0.5, 0.6) is 0 Å². The number of aromatic nitrogens is 2. The van der Waals surface area contributed by atoms with Gasteiger partial charge in [-0.15, -0.1) is 0 Å². The van der Waals surface area contributed by atoms with Crippen molar-refractivity contribution >= 4 is 21.8 Å². The minimum atomic E-state index is 0.0000113. The molecule has 0 saturated heterocycles. The second-order valence-corrected chi connectivity index (χ2v) is 5.09. The summed E-state index contributed by atoms with van der Waals surface area (Å²) in [5.74, 6) is 0.0000113. The minimum Gasteiger partial charge on any atom is -0.345 e. The summed E-state index contributed by atoms with van der Waals surface area (Å²) in [5.41, 5.74) is 1.73. The van der Waals surface area contributed by atoms with Gasteiger partial charge in [0.1, 0.15) is 5.69 Å². The maximum Gasteiger partial charge on any atom is 0.270 e. The number of nitrogens with zero attached hydrogens (tertiary/aromatic N) is 3. The van der Waals surface area contributed by atoms with E-state index in [1.807, 2.05) is 36.0 Å². The van der Waals surface area contributed by atoms with Gasteiger partial charge in [0.2, 0.25) is 0 Å². The zero-order chi connectivity index (χ0) is 13.1. The first kappa shape index (κ1) is 12.8. The number of halogens is 1. The quantitative estimate of drug-likeness (QED) is 0.873. The number of amides is 1. The Bertz CT molecular complexity index is 551. The van der Waals surface area contributed by atoms with Gasteiger partial charge in [0.05, 0.1) is 0 Å². The lowest BCUT2D eigenvalue weighted by atomic mass is 10.2. The molecule has 0 N–H and O–H groups in total. The second-order valence-electron chi connectivity index (χ2n) is 4.17. The Morgan fingerprint density at radius 1 is 1.44 bits per heavy atom. The summed E-state index contributed by atoms with van der Waals surface area (Å²) in [6.07, 6.45) is 5.33. The van der Waals surface area contributed by atoms with Crippen molar-refractivity contribution < 1.29 is 4.79 Å². The van der Waals surface area contributed by atoms with Crippen LogP contribution in [0.2, 0.25) is 0 Å². The Kier molecular flexibility index (Phi) is 3.81. The van der Waals surface area contributed by atoms with Crippen LogP contribution in [0.3, 0.4) is 0 Å². The van der Waals surface area contributed by atoms with Crippen LogP contribution < -0.4 is 0 Å². The summed E-state index contributed by atoms with van der Waals surface area (Å²) in [4.78, 5) is 17.9. The molecule has 0 aromatic carbocycles. The van der Waals surface area contributed by atoms with Crippen LogP contribution in [0.15, 0.2) is 41.3 Å². The maximum absolute atomic E-state index is 12.3. The van der Waals surface area contributed by atoms with Crippen molar-refractivity contribution in [3.8, 4) is 0 Å². The first-order valence-corrected chi connectivity index (χ1v) is 6.33. The molecule has 0 aliphatic rings. The van der Waals surface area contributed by atoms with Gasteiger partial charge in [-0.2, -0.15) is 0 Å². The van der Waals surface area contributed by atoms with E-state index in [2.05, 4.69) is 20.9 Å². The molecule has 18 heavy (non-hydrogen) atoms. The van der Waals surface area contributed by atoms with Crippen LogP contribution in [-0.4, -0.2) is 27.4 Å². The number of rotatable bonds is 3. The van der Waals surface area contributed by atoms with Crippen LogP contribution in [-0.2, 0) is 13.6 Å².